The number of nitrogens with zero attached hydrogens (tertiary/aromatic N) is 2. The molecule has 0 amide bonds. The van der Waals surface area contributed by atoms with Gasteiger partial charge in [0.05, 0.1) is 6.33 Å². The summed E-state index contributed by atoms with van der Waals surface area (Å²) in [6, 6.07) is 18.4. The number of ether oxygens (including phenoxy) is 1. The van der Waals surface area contributed by atoms with Crippen LogP contribution < -0.4 is 10.1 Å². The Morgan fingerprint density at radius 2 is 1.79 bits per heavy atom. The highest BCUT2D eigenvalue weighted by molar-refractivity contribution is 5.33. The van der Waals surface area contributed by atoms with Crippen molar-refractivity contribution in [3.63, 3.8) is 0 Å². The zero-order chi connectivity index (χ0) is 16.6. The highest BCUT2D eigenvalue weighted by Crippen LogP contribution is 2.23. The van der Waals surface area contributed by atoms with E-state index in [1.165, 1.54) is 5.56 Å². The standard InChI is InChI=1S/C20H23N3O/c1-17(22-12-5-14-23-15-13-21-16-23)18-8-10-20(11-9-18)24-19-6-3-2-4-7-19/h2-4,6-11,13,15-17,22H,5,12,14H2,1H3. The molecule has 24 heavy (non-hydrogen) atoms. The first kappa shape index (κ1) is 16.3. The predicted molar refractivity (Wildman–Crippen MR) is 96.2 cm³/mol. The van der Waals surface area contributed by atoms with Crippen LogP contribution in [0.15, 0.2) is 73.3 Å². The van der Waals surface area contributed by atoms with Crippen LogP contribution in [0.3, 0.4) is 0 Å². The number of aryl methyl sites for hydroxylation is 1. The van der Waals surface area contributed by atoms with Gasteiger partial charge in [-0.25, -0.2) is 4.98 Å². The van der Waals surface area contributed by atoms with Crippen LogP contribution >= 0.6 is 0 Å². The summed E-state index contributed by atoms with van der Waals surface area (Å²) in [5.74, 6) is 1.72. The Balaban J connectivity index is 1.45. The molecule has 1 unspecified atom stereocenters. The number of para-hydroxylation sites is 1. The molecule has 0 radical (unpaired) electrons. The normalized spacial score (nSPS) is 12.0. The van der Waals surface area contributed by atoms with Crippen molar-refractivity contribution in [1.82, 2.24) is 14.9 Å². The van der Waals surface area contributed by atoms with Gasteiger partial charge in [0.15, 0.2) is 0 Å². The van der Waals surface area contributed by atoms with Crippen LogP contribution in [-0.2, 0) is 6.54 Å². The molecule has 0 fully saturated rings. The van der Waals surface area contributed by atoms with Gasteiger partial charge < -0.3 is 14.6 Å². The van der Waals surface area contributed by atoms with E-state index in [0.29, 0.717) is 6.04 Å². The Kier molecular flexibility index (Phi) is 5.64. The third kappa shape index (κ3) is 4.70. The Hall–Kier alpha value is -2.59. The summed E-state index contributed by atoms with van der Waals surface area (Å²) >= 11 is 0. The summed E-state index contributed by atoms with van der Waals surface area (Å²) in [7, 11) is 0. The van der Waals surface area contributed by atoms with Gasteiger partial charge in [-0.15, -0.1) is 0 Å². The maximum atomic E-state index is 5.82. The van der Waals surface area contributed by atoms with Crippen LogP contribution in [0.5, 0.6) is 11.5 Å². The van der Waals surface area contributed by atoms with E-state index in [1.807, 2.05) is 61.2 Å². The summed E-state index contributed by atoms with van der Waals surface area (Å²) in [5, 5.41) is 3.56. The second kappa shape index (κ2) is 8.31. The molecule has 4 nitrogen and oxygen atoms in total. The molecular weight excluding hydrogens is 298 g/mol. The molecule has 1 atom stereocenters. The molecule has 0 aliphatic heterocycles. The molecule has 1 N–H and O–H groups in total. The smallest absolute Gasteiger partial charge is 0.127 e. The molecule has 0 aliphatic carbocycles. The molecule has 0 saturated heterocycles. The van der Waals surface area contributed by atoms with E-state index in [1.54, 1.807) is 0 Å². The van der Waals surface area contributed by atoms with E-state index in [-0.39, 0.29) is 0 Å². The van der Waals surface area contributed by atoms with Gasteiger partial charge in [-0.2, -0.15) is 0 Å². The Bertz CT molecular complexity index is 708. The van der Waals surface area contributed by atoms with Crippen molar-refractivity contribution in [3.8, 4) is 11.5 Å². The second-order valence-electron chi connectivity index (χ2n) is 5.81. The van der Waals surface area contributed by atoms with Gasteiger partial charge in [0.2, 0.25) is 0 Å². The number of nitrogens with one attached hydrogen (secondary N) is 1. The minimum absolute atomic E-state index is 0.318. The third-order valence-corrected chi connectivity index (χ3v) is 3.96. The second-order valence-corrected chi connectivity index (χ2v) is 5.81. The molecule has 1 heterocycles. The zero-order valence-corrected chi connectivity index (χ0v) is 13.9. The molecule has 0 spiro atoms. The lowest BCUT2D eigenvalue weighted by molar-refractivity contribution is 0.481. The SMILES string of the molecule is CC(NCCCn1ccnc1)c1ccc(Oc2ccccc2)cc1. The van der Waals surface area contributed by atoms with Gasteiger partial charge in [0, 0.05) is 25.0 Å². The Morgan fingerprint density at radius 1 is 1.04 bits per heavy atom. The van der Waals surface area contributed by atoms with Crippen LogP contribution in [0.4, 0.5) is 0 Å². The van der Waals surface area contributed by atoms with Gasteiger partial charge in [0.1, 0.15) is 11.5 Å². The Morgan fingerprint density at radius 3 is 2.50 bits per heavy atom. The molecule has 0 saturated carbocycles. The molecule has 4 heteroatoms. The van der Waals surface area contributed by atoms with Crippen molar-refractivity contribution in [2.45, 2.75) is 25.9 Å². The molecule has 124 valence electrons. The minimum Gasteiger partial charge on any atom is -0.457 e. The number of hydrogen-bond donors (Lipinski definition) is 1. The summed E-state index contributed by atoms with van der Waals surface area (Å²) in [6.45, 7) is 4.15. The van der Waals surface area contributed by atoms with Gasteiger partial charge >= 0.3 is 0 Å². The van der Waals surface area contributed by atoms with E-state index >= 15 is 0 Å². The van der Waals surface area contributed by atoms with Crippen LogP contribution in [-0.4, -0.2) is 16.1 Å². The van der Waals surface area contributed by atoms with Crippen LogP contribution in [0, 0.1) is 0 Å². The largest absolute Gasteiger partial charge is 0.457 e. The van der Waals surface area contributed by atoms with Crippen LogP contribution in [0.2, 0.25) is 0 Å². The summed E-state index contributed by atoms with van der Waals surface area (Å²) in [5.41, 5.74) is 1.26. The molecule has 0 bridgehead atoms. The number of hydrogen-bond acceptors (Lipinski definition) is 3. The van der Waals surface area contributed by atoms with E-state index in [9.17, 15) is 0 Å². The zero-order valence-electron chi connectivity index (χ0n) is 13.9. The van der Waals surface area contributed by atoms with Crippen molar-refractivity contribution in [3.05, 3.63) is 78.9 Å². The van der Waals surface area contributed by atoms with Crippen molar-refractivity contribution in [2.24, 2.45) is 0 Å². The van der Waals surface area contributed by atoms with Gasteiger partial charge in [0.25, 0.3) is 0 Å². The van der Waals surface area contributed by atoms with Gasteiger partial charge in [-0.3, -0.25) is 0 Å². The van der Waals surface area contributed by atoms with Crippen molar-refractivity contribution in [2.75, 3.05) is 6.54 Å². The highest BCUT2D eigenvalue weighted by Gasteiger charge is 2.05. The highest BCUT2D eigenvalue weighted by atomic mass is 16.5. The van der Waals surface area contributed by atoms with E-state index in [4.69, 9.17) is 4.74 Å². The lowest BCUT2D eigenvalue weighted by atomic mass is 10.1. The van der Waals surface area contributed by atoms with Crippen molar-refractivity contribution in [1.29, 1.82) is 0 Å². The fraction of sp³-hybridized carbons (Fsp3) is 0.250. The van der Waals surface area contributed by atoms with E-state index < -0.39 is 0 Å². The fourth-order valence-corrected chi connectivity index (χ4v) is 2.57. The topological polar surface area (TPSA) is 39.1 Å². The number of imidazole rings is 1. The molecule has 1 aromatic heterocycles. The average Bonchev–Trinajstić information content (AvgIpc) is 3.13. The van der Waals surface area contributed by atoms with Crippen molar-refractivity contribution >= 4 is 0 Å². The first-order valence-corrected chi connectivity index (χ1v) is 8.33. The molecule has 3 rings (SSSR count). The van der Waals surface area contributed by atoms with Gasteiger partial charge in [-0.1, -0.05) is 30.3 Å². The molecule has 0 aliphatic rings. The minimum atomic E-state index is 0.318. The first-order valence-electron chi connectivity index (χ1n) is 8.33. The lowest BCUT2D eigenvalue weighted by Crippen LogP contribution is -2.20. The number of benzene rings is 2. The summed E-state index contributed by atoms with van der Waals surface area (Å²) < 4.78 is 7.92. The summed E-state index contributed by atoms with van der Waals surface area (Å²) in [4.78, 5) is 4.05. The third-order valence-electron chi connectivity index (χ3n) is 3.96. The fourth-order valence-electron chi connectivity index (χ4n) is 2.57. The number of rotatable bonds is 8. The lowest BCUT2D eigenvalue weighted by Gasteiger charge is -2.15. The van der Waals surface area contributed by atoms with E-state index in [0.717, 1.165) is 31.0 Å². The maximum absolute atomic E-state index is 5.82. The first-order chi connectivity index (χ1) is 11.8. The number of aromatic nitrogens is 2. The molecular formula is C20H23N3O. The van der Waals surface area contributed by atoms with E-state index in [2.05, 4.69) is 33.9 Å². The quantitative estimate of drug-likeness (QED) is 0.624. The molecule has 3 aromatic rings. The van der Waals surface area contributed by atoms with Crippen LogP contribution in [0.25, 0.3) is 0 Å². The average molecular weight is 321 g/mol. The van der Waals surface area contributed by atoms with Gasteiger partial charge in [-0.05, 0) is 49.7 Å². The van der Waals surface area contributed by atoms with Crippen molar-refractivity contribution < 1.29 is 4.74 Å². The Labute approximate surface area is 143 Å². The maximum Gasteiger partial charge on any atom is 0.127 e. The monoisotopic (exact) mass is 321 g/mol. The van der Waals surface area contributed by atoms with Crippen LogP contribution in [0.1, 0.15) is 24.9 Å². The predicted octanol–water partition coefficient (Wildman–Crippen LogP) is 4.42. The molecule has 2 aromatic carbocycles. The summed E-state index contributed by atoms with van der Waals surface area (Å²) in [6.07, 6.45) is 6.74.